The zero-order valence-corrected chi connectivity index (χ0v) is 18.0. The third-order valence-corrected chi connectivity index (χ3v) is 5.60. The highest BCUT2D eigenvalue weighted by Gasteiger charge is 2.17. The average molecular weight is 438 g/mol. The number of nitrogens with one attached hydrogen (secondary N) is 3. The second kappa shape index (κ2) is 9.44. The lowest BCUT2D eigenvalue weighted by molar-refractivity contribution is 0.0947. The van der Waals surface area contributed by atoms with Crippen LogP contribution in [0.2, 0.25) is 0 Å². The number of benzene rings is 3. The Hall–Kier alpha value is -3.65. The molecule has 0 fully saturated rings. The first-order valence-electron chi connectivity index (χ1n) is 9.53. The first kappa shape index (κ1) is 22.0. The van der Waals surface area contributed by atoms with Gasteiger partial charge in [-0.1, -0.05) is 36.4 Å². The molecule has 160 valence electrons. The molecule has 3 aromatic rings. The molecule has 0 aliphatic rings. The molecule has 0 radical (unpaired) electrons. The van der Waals surface area contributed by atoms with Gasteiger partial charge in [-0.05, 0) is 54.4 Å². The summed E-state index contributed by atoms with van der Waals surface area (Å²) in [6.45, 7) is 2.11. The van der Waals surface area contributed by atoms with Crippen LogP contribution in [0.3, 0.4) is 0 Å². The summed E-state index contributed by atoms with van der Waals surface area (Å²) < 4.78 is 23.8. The van der Waals surface area contributed by atoms with Gasteiger partial charge in [0.05, 0.1) is 10.5 Å². The van der Waals surface area contributed by atoms with E-state index < -0.39 is 15.7 Å². The Balaban J connectivity index is 1.63. The van der Waals surface area contributed by atoms with Crippen LogP contribution in [0.5, 0.6) is 0 Å². The fraction of sp³-hybridized carbons (Fsp3) is 0.130. The molecule has 3 amide bonds. The molecular formula is C23H23N3O4S. The van der Waals surface area contributed by atoms with Crippen molar-refractivity contribution in [3.05, 3.63) is 89.5 Å². The van der Waals surface area contributed by atoms with E-state index in [1.807, 2.05) is 25.1 Å². The van der Waals surface area contributed by atoms with Crippen molar-refractivity contribution in [1.82, 2.24) is 5.32 Å². The third kappa shape index (κ3) is 6.16. The standard InChI is InChI=1S/C23H23N3O4S/c1-16-7-5-9-18(13-16)25-23(28)26-19-10-6-8-17(14-19)15-24-22(27)20-11-3-4-12-21(20)31(2,29)30/h3-14H,15H2,1-2H3,(H,24,27)(H2,25,26,28). The number of carbonyl (C=O) groups excluding carboxylic acids is 2. The van der Waals surface area contributed by atoms with Crippen LogP contribution < -0.4 is 16.0 Å². The number of carbonyl (C=O) groups is 2. The summed E-state index contributed by atoms with van der Waals surface area (Å²) in [6, 6.07) is 20.2. The summed E-state index contributed by atoms with van der Waals surface area (Å²) in [5.41, 5.74) is 3.13. The molecule has 0 heterocycles. The lowest BCUT2D eigenvalue weighted by Gasteiger charge is -2.11. The van der Waals surface area contributed by atoms with Gasteiger partial charge in [-0.25, -0.2) is 13.2 Å². The molecule has 0 atom stereocenters. The van der Waals surface area contributed by atoms with E-state index in [4.69, 9.17) is 0 Å². The third-order valence-electron chi connectivity index (χ3n) is 4.45. The van der Waals surface area contributed by atoms with Crippen molar-refractivity contribution >= 4 is 33.2 Å². The topological polar surface area (TPSA) is 104 Å². The number of hydrogen-bond acceptors (Lipinski definition) is 4. The minimum absolute atomic E-state index is 0.0178. The van der Waals surface area contributed by atoms with Crippen molar-refractivity contribution in [2.75, 3.05) is 16.9 Å². The van der Waals surface area contributed by atoms with Crippen molar-refractivity contribution in [2.24, 2.45) is 0 Å². The van der Waals surface area contributed by atoms with Crippen LogP contribution in [-0.2, 0) is 16.4 Å². The van der Waals surface area contributed by atoms with E-state index in [0.29, 0.717) is 11.4 Å². The van der Waals surface area contributed by atoms with Gasteiger partial charge < -0.3 is 16.0 Å². The highest BCUT2D eigenvalue weighted by molar-refractivity contribution is 7.90. The predicted molar refractivity (Wildman–Crippen MR) is 121 cm³/mol. The summed E-state index contributed by atoms with van der Waals surface area (Å²) in [7, 11) is -3.53. The average Bonchev–Trinajstić information content (AvgIpc) is 2.71. The fourth-order valence-electron chi connectivity index (χ4n) is 3.03. The van der Waals surface area contributed by atoms with Crippen molar-refractivity contribution < 1.29 is 18.0 Å². The maximum Gasteiger partial charge on any atom is 0.323 e. The Morgan fingerprint density at radius 2 is 1.48 bits per heavy atom. The number of rotatable bonds is 6. The largest absolute Gasteiger partial charge is 0.348 e. The van der Waals surface area contributed by atoms with E-state index in [1.165, 1.54) is 12.1 Å². The summed E-state index contributed by atoms with van der Waals surface area (Å²) >= 11 is 0. The number of hydrogen-bond donors (Lipinski definition) is 3. The van der Waals surface area contributed by atoms with Crippen molar-refractivity contribution in [2.45, 2.75) is 18.4 Å². The Labute approximate surface area is 181 Å². The minimum Gasteiger partial charge on any atom is -0.348 e. The highest BCUT2D eigenvalue weighted by Crippen LogP contribution is 2.16. The second-order valence-corrected chi connectivity index (χ2v) is 9.08. The molecule has 3 rings (SSSR count). The molecule has 0 aliphatic carbocycles. The molecule has 3 aromatic carbocycles. The van der Waals surface area contributed by atoms with Crippen LogP contribution in [0.25, 0.3) is 0 Å². The first-order chi connectivity index (χ1) is 14.7. The van der Waals surface area contributed by atoms with E-state index >= 15 is 0 Å². The van der Waals surface area contributed by atoms with Crippen LogP contribution in [0.15, 0.2) is 77.7 Å². The Morgan fingerprint density at radius 3 is 2.16 bits per heavy atom. The lowest BCUT2D eigenvalue weighted by atomic mass is 10.1. The number of amides is 3. The number of anilines is 2. The Morgan fingerprint density at radius 1 is 0.839 bits per heavy atom. The minimum atomic E-state index is -3.53. The van der Waals surface area contributed by atoms with Crippen molar-refractivity contribution in [3.63, 3.8) is 0 Å². The molecule has 0 saturated carbocycles. The molecule has 0 spiro atoms. The van der Waals surface area contributed by atoms with E-state index in [-0.39, 0.29) is 23.0 Å². The first-order valence-corrected chi connectivity index (χ1v) is 11.4. The van der Waals surface area contributed by atoms with Gasteiger partial charge in [-0.15, -0.1) is 0 Å². The zero-order chi connectivity index (χ0) is 22.4. The SMILES string of the molecule is Cc1cccc(NC(=O)Nc2cccc(CNC(=O)c3ccccc3S(C)(=O)=O)c2)c1. The predicted octanol–water partition coefficient (Wildman–Crippen LogP) is 3.97. The summed E-state index contributed by atoms with van der Waals surface area (Å²) in [6.07, 6.45) is 1.07. The van der Waals surface area contributed by atoms with Gasteiger partial charge >= 0.3 is 6.03 Å². The van der Waals surface area contributed by atoms with Crippen LogP contribution in [0, 0.1) is 6.92 Å². The molecule has 0 saturated heterocycles. The van der Waals surface area contributed by atoms with Crippen molar-refractivity contribution in [3.8, 4) is 0 Å². The number of sulfone groups is 1. The van der Waals surface area contributed by atoms with Gasteiger partial charge in [0.2, 0.25) is 0 Å². The number of aryl methyl sites for hydroxylation is 1. The molecule has 0 aliphatic heterocycles. The molecule has 0 bridgehead atoms. The summed E-state index contributed by atoms with van der Waals surface area (Å²) in [5.74, 6) is -0.489. The van der Waals surface area contributed by atoms with Gasteiger partial charge in [0.1, 0.15) is 0 Å². The van der Waals surface area contributed by atoms with Gasteiger partial charge in [0, 0.05) is 24.2 Å². The quantitative estimate of drug-likeness (QED) is 0.543. The van der Waals surface area contributed by atoms with E-state index in [9.17, 15) is 18.0 Å². The number of urea groups is 1. The lowest BCUT2D eigenvalue weighted by Crippen LogP contribution is -2.25. The molecule has 8 heteroatoms. The molecular weight excluding hydrogens is 414 g/mol. The smallest absolute Gasteiger partial charge is 0.323 e. The molecule has 7 nitrogen and oxygen atoms in total. The van der Waals surface area contributed by atoms with Gasteiger partial charge in [-0.3, -0.25) is 4.79 Å². The fourth-order valence-corrected chi connectivity index (χ4v) is 3.92. The van der Waals surface area contributed by atoms with E-state index in [2.05, 4.69) is 16.0 Å². The molecule has 0 unspecified atom stereocenters. The Kier molecular flexibility index (Phi) is 6.71. The maximum absolute atomic E-state index is 12.5. The summed E-state index contributed by atoms with van der Waals surface area (Å²) in [4.78, 5) is 24.7. The van der Waals surface area contributed by atoms with Gasteiger partial charge in [0.15, 0.2) is 9.84 Å². The van der Waals surface area contributed by atoms with Crippen LogP contribution in [0.4, 0.5) is 16.2 Å². The maximum atomic E-state index is 12.5. The van der Waals surface area contributed by atoms with Crippen LogP contribution in [0.1, 0.15) is 21.5 Å². The van der Waals surface area contributed by atoms with E-state index in [0.717, 1.165) is 17.4 Å². The van der Waals surface area contributed by atoms with Crippen molar-refractivity contribution in [1.29, 1.82) is 0 Å². The van der Waals surface area contributed by atoms with Gasteiger partial charge in [0.25, 0.3) is 5.91 Å². The second-order valence-electron chi connectivity index (χ2n) is 7.10. The Bertz CT molecular complexity index is 1220. The zero-order valence-electron chi connectivity index (χ0n) is 17.2. The normalized spacial score (nSPS) is 10.9. The van der Waals surface area contributed by atoms with Gasteiger partial charge in [-0.2, -0.15) is 0 Å². The summed E-state index contributed by atoms with van der Waals surface area (Å²) in [5, 5.41) is 8.25. The monoisotopic (exact) mass is 437 g/mol. The van der Waals surface area contributed by atoms with Crippen LogP contribution in [-0.4, -0.2) is 26.6 Å². The molecule has 31 heavy (non-hydrogen) atoms. The molecule has 0 aromatic heterocycles. The van der Waals surface area contributed by atoms with Crippen LogP contribution >= 0.6 is 0 Å². The highest BCUT2D eigenvalue weighted by atomic mass is 32.2. The van der Waals surface area contributed by atoms with E-state index in [1.54, 1.807) is 42.5 Å². The molecule has 3 N–H and O–H groups in total.